The lowest BCUT2D eigenvalue weighted by molar-refractivity contribution is -0.121. The van der Waals surface area contributed by atoms with Crippen LogP contribution in [0.15, 0.2) is 0 Å². The minimum absolute atomic E-state index is 0.0948. The van der Waals surface area contributed by atoms with Crippen LogP contribution in [0.25, 0.3) is 0 Å². The summed E-state index contributed by atoms with van der Waals surface area (Å²) < 4.78 is 31.3. The van der Waals surface area contributed by atoms with Crippen molar-refractivity contribution in [2.75, 3.05) is 6.54 Å². The Hall–Kier alpha value is -1.15. The van der Waals surface area contributed by atoms with Gasteiger partial charge in [0.05, 0.1) is 0 Å². The SMILES string of the molecule is CCC(=O)NC(CC)S(=O)(=O)[O-].CCNC(=O)CC. The highest BCUT2D eigenvalue weighted by atomic mass is 32.2. The van der Waals surface area contributed by atoms with Crippen LogP contribution in [0.3, 0.4) is 0 Å². The van der Waals surface area contributed by atoms with Gasteiger partial charge in [-0.05, 0) is 13.3 Å². The zero-order chi connectivity index (χ0) is 15.5. The van der Waals surface area contributed by atoms with Crippen molar-refractivity contribution in [1.29, 1.82) is 0 Å². The summed E-state index contributed by atoms with van der Waals surface area (Å²) in [5, 5.41) is 3.49. The van der Waals surface area contributed by atoms with Crippen LogP contribution in [-0.2, 0) is 19.7 Å². The van der Waals surface area contributed by atoms with Gasteiger partial charge in [0.15, 0.2) is 0 Å². The molecule has 0 bridgehead atoms. The van der Waals surface area contributed by atoms with Gasteiger partial charge in [-0.15, -0.1) is 0 Å². The third-order valence-corrected chi connectivity index (χ3v) is 3.21. The predicted molar refractivity (Wildman–Crippen MR) is 71.2 cm³/mol. The number of hydrogen-bond acceptors (Lipinski definition) is 5. The molecule has 0 saturated heterocycles. The Labute approximate surface area is 114 Å². The third-order valence-electron chi connectivity index (χ3n) is 2.06. The first-order valence-electron chi connectivity index (χ1n) is 6.23. The number of amides is 2. The second-order valence-corrected chi connectivity index (χ2v) is 5.17. The van der Waals surface area contributed by atoms with Gasteiger partial charge in [0, 0.05) is 19.4 Å². The molecular weight excluding hydrogens is 272 g/mol. The van der Waals surface area contributed by atoms with Gasteiger partial charge < -0.3 is 15.2 Å². The molecule has 19 heavy (non-hydrogen) atoms. The van der Waals surface area contributed by atoms with E-state index in [2.05, 4.69) is 10.6 Å². The molecular formula is C11H23N2O5S-. The summed E-state index contributed by atoms with van der Waals surface area (Å²) in [7, 11) is -4.40. The largest absolute Gasteiger partial charge is 0.746 e. The van der Waals surface area contributed by atoms with E-state index in [1.165, 1.54) is 6.92 Å². The molecule has 1 atom stereocenters. The molecule has 0 aliphatic carbocycles. The molecule has 7 nitrogen and oxygen atoms in total. The summed E-state index contributed by atoms with van der Waals surface area (Å²) >= 11 is 0. The molecule has 0 spiro atoms. The molecule has 0 heterocycles. The topological polar surface area (TPSA) is 115 Å². The molecule has 1 unspecified atom stereocenters. The smallest absolute Gasteiger partial charge is 0.220 e. The van der Waals surface area contributed by atoms with Gasteiger partial charge >= 0.3 is 0 Å². The van der Waals surface area contributed by atoms with Crippen LogP contribution in [0.5, 0.6) is 0 Å². The average Bonchev–Trinajstić information content (AvgIpc) is 2.35. The monoisotopic (exact) mass is 295 g/mol. The van der Waals surface area contributed by atoms with Gasteiger partial charge in [-0.1, -0.05) is 20.8 Å². The normalized spacial score (nSPS) is 11.8. The van der Waals surface area contributed by atoms with E-state index in [1.54, 1.807) is 6.92 Å². The van der Waals surface area contributed by atoms with E-state index in [9.17, 15) is 22.6 Å². The van der Waals surface area contributed by atoms with Gasteiger partial charge in [0.1, 0.15) is 15.5 Å². The summed E-state index contributed by atoms with van der Waals surface area (Å²) in [6, 6.07) is 0. The standard InChI is InChI=1S/C6H13NO4S.C5H11NO/c1-3-5(8)7-6(4-2)12(9,10)11;1-3-5(7)6-4-2/h6H,3-4H2,1-2H3,(H,7,8)(H,9,10,11);3-4H2,1-2H3,(H,6,7)/p-1. The Balaban J connectivity index is 0. The Morgan fingerprint density at radius 3 is 1.74 bits per heavy atom. The predicted octanol–water partition coefficient (Wildman–Crippen LogP) is 0.326. The second kappa shape index (κ2) is 10.7. The second-order valence-electron chi connectivity index (χ2n) is 3.62. The van der Waals surface area contributed by atoms with Crippen molar-refractivity contribution in [3.8, 4) is 0 Å². The lowest BCUT2D eigenvalue weighted by Gasteiger charge is -2.19. The van der Waals surface area contributed by atoms with Crippen molar-refractivity contribution in [3.05, 3.63) is 0 Å². The van der Waals surface area contributed by atoms with Gasteiger partial charge in [-0.25, -0.2) is 8.42 Å². The molecule has 2 N–H and O–H groups in total. The van der Waals surface area contributed by atoms with Crippen LogP contribution in [0.1, 0.15) is 47.0 Å². The van der Waals surface area contributed by atoms with E-state index < -0.39 is 21.4 Å². The van der Waals surface area contributed by atoms with E-state index in [4.69, 9.17) is 0 Å². The fourth-order valence-corrected chi connectivity index (χ4v) is 1.67. The summed E-state index contributed by atoms with van der Waals surface area (Å²) in [4.78, 5) is 21.0. The first-order valence-corrected chi connectivity index (χ1v) is 7.70. The quantitative estimate of drug-likeness (QED) is 0.685. The minimum Gasteiger partial charge on any atom is -0.746 e. The highest BCUT2D eigenvalue weighted by Crippen LogP contribution is 1.99. The summed E-state index contributed by atoms with van der Waals surface area (Å²) in [5.41, 5.74) is 0. The van der Waals surface area contributed by atoms with Crippen LogP contribution in [0.2, 0.25) is 0 Å². The first-order chi connectivity index (χ1) is 8.72. The lowest BCUT2D eigenvalue weighted by atomic mass is 10.4. The van der Waals surface area contributed by atoms with Gasteiger partial charge in [0.2, 0.25) is 11.8 Å². The summed E-state index contributed by atoms with van der Waals surface area (Å²) in [6.45, 7) is 7.60. The molecule has 0 rings (SSSR count). The molecule has 0 aliphatic rings. The highest BCUT2D eigenvalue weighted by Gasteiger charge is 2.14. The Kier molecular flexibility index (Phi) is 11.4. The molecule has 2 amide bonds. The van der Waals surface area contributed by atoms with Crippen LogP contribution in [-0.4, -0.2) is 36.7 Å². The summed E-state index contributed by atoms with van der Waals surface area (Å²) in [6.07, 6.45) is 0.859. The van der Waals surface area contributed by atoms with Gasteiger partial charge in [-0.3, -0.25) is 9.59 Å². The molecule has 0 aromatic carbocycles. The molecule has 8 heteroatoms. The third kappa shape index (κ3) is 11.7. The van der Waals surface area contributed by atoms with E-state index in [1.807, 2.05) is 13.8 Å². The van der Waals surface area contributed by atoms with Crippen molar-refractivity contribution >= 4 is 21.9 Å². The Morgan fingerprint density at radius 2 is 1.53 bits per heavy atom. The van der Waals surface area contributed by atoms with Crippen molar-refractivity contribution in [1.82, 2.24) is 10.6 Å². The van der Waals surface area contributed by atoms with Crippen molar-refractivity contribution in [3.63, 3.8) is 0 Å². The number of hydrogen-bond donors (Lipinski definition) is 2. The molecule has 0 fully saturated rings. The average molecular weight is 295 g/mol. The molecule has 0 radical (unpaired) electrons. The molecule has 0 saturated carbocycles. The van der Waals surface area contributed by atoms with E-state index >= 15 is 0 Å². The number of rotatable bonds is 6. The van der Waals surface area contributed by atoms with E-state index in [0.29, 0.717) is 6.42 Å². The van der Waals surface area contributed by atoms with Crippen molar-refractivity contribution in [2.24, 2.45) is 0 Å². The number of carbonyl (C=O) groups is 2. The van der Waals surface area contributed by atoms with Crippen LogP contribution < -0.4 is 10.6 Å². The van der Waals surface area contributed by atoms with E-state index in [0.717, 1.165) is 6.54 Å². The zero-order valence-electron chi connectivity index (χ0n) is 11.9. The zero-order valence-corrected chi connectivity index (χ0v) is 12.7. The first kappa shape index (κ1) is 20.2. The fraction of sp³-hybridized carbons (Fsp3) is 0.818. The van der Waals surface area contributed by atoms with Crippen molar-refractivity contribution in [2.45, 2.75) is 52.3 Å². The van der Waals surface area contributed by atoms with Gasteiger partial charge in [-0.2, -0.15) is 0 Å². The van der Waals surface area contributed by atoms with Crippen LogP contribution in [0, 0.1) is 0 Å². The maximum absolute atomic E-state index is 10.7. The van der Waals surface area contributed by atoms with E-state index in [-0.39, 0.29) is 18.7 Å². The van der Waals surface area contributed by atoms with Crippen LogP contribution in [0.4, 0.5) is 0 Å². The fourth-order valence-electron chi connectivity index (χ4n) is 0.982. The molecule has 0 aromatic rings. The number of nitrogens with one attached hydrogen (secondary N) is 2. The maximum Gasteiger partial charge on any atom is 0.220 e. The van der Waals surface area contributed by atoms with Crippen LogP contribution >= 0.6 is 0 Å². The van der Waals surface area contributed by atoms with Crippen molar-refractivity contribution < 1.29 is 22.6 Å². The molecule has 0 aliphatic heterocycles. The Bertz CT molecular complexity index is 367. The number of carbonyl (C=O) groups excluding carboxylic acids is 2. The highest BCUT2D eigenvalue weighted by molar-refractivity contribution is 7.86. The Morgan fingerprint density at radius 1 is 1.05 bits per heavy atom. The summed E-state index contributed by atoms with van der Waals surface area (Å²) in [5.74, 6) is -0.302. The minimum atomic E-state index is -4.40. The lowest BCUT2D eigenvalue weighted by Crippen LogP contribution is -2.39. The molecule has 0 aromatic heterocycles. The molecule has 114 valence electrons. The maximum atomic E-state index is 10.7. The van der Waals surface area contributed by atoms with Gasteiger partial charge in [0.25, 0.3) is 0 Å².